The average molecular weight is 323 g/mol. The van der Waals surface area contributed by atoms with Crippen LogP contribution >= 0.6 is 0 Å². The summed E-state index contributed by atoms with van der Waals surface area (Å²) in [6.07, 6.45) is 12.0. The molecule has 3 heteroatoms. The number of allylic oxidation sites excluding steroid dienone is 5. The predicted molar refractivity (Wildman–Crippen MR) is 97.0 cm³/mol. The molecule has 1 unspecified atom stereocenters. The third-order valence-electron chi connectivity index (χ3n) is 4.51. The van der Waals surface area contributed by atoms with Crippen LogP contribution in [0.15, 0.2) is 59.7 Å². The van der Waals surface area contributed by atoms with E-state index >= 15 is 0 Å². The first-order valence-corrected chi connectivity index (χ1v) is 8.63. The monoisotopic (exact) mass is 323 g/mol. The Morgan fingerprint density at radius 1 is 1.08 bits per heavy atom. The number of hydrogen-bond acceptors (Lipinski definition) is 2. The lowest BCUT2D eigenvalue weighted by Crippen LogP contribution is -2.23. The van der Waals surface area contributed by atoms with Gasteiger partial charge in [0.05, 0.1) is 0 Å². The van der Waals surface area contributed by atoms with Crippen LogP contribution in [-0.2, 0) is 16.0 Å². The highest BCUT2D eigenvalue weighted by atomic mass is 16.1. The van der Waals surface area contributed by atoms with Gasteiger partial charge in [-0.2, -0.15) is 0 Å². The second-order valence-corrected chi connectivity index (χ2v) is 6.31. The molecular formula is C21H25NO2. The normalized spacial score (nSPS) is 14.8. The first kappa shape index (κ1) is 18.0. The molecule has 2 rings (SSSR count). The van der Waals surface area contributed by atoms with Gasteiger partial charge in [-0.3, -0.25) is 4.79 Å². The van der Waals surface area contributed by atoms with Gasteiger partial charge in [0, 0.05) is 17.9 Å². The number of hydrogen-bond donors (Lipinski definition) is 1. The van der Waals surface area contributed by atoms with Crippen LogP contribution in [0.5, 0.6) is 0 Å². The van der Waals surface area contributed by atoms with Gasteiger partial charge in [0.2, 0.25) is 5.91 Å². The van der Waals surface area contributed by atoms with Crippen molar-refractivity contribution in [1.29, 1.82) is 0 Å². The van der Waals surface area contributed by atoms with E-state index in [1.165, 1.54) is 11.1 Å². The second kappa shape index (κ2) is 9.69. The zero-order chi connectivity index (χ0) is 17.2. The van der Waals surface area contributed by atoms with E-state index in [0.29, 0.717) is 12.0 Å². The molecule has 1 aliphatic rings. The first-order chi connectivity index (χ1) is 11.7. The Morgan fingerprint density at radius 3 is 2.50 bits per heavy atom. The topological polar surface area (TPSA) is 60.2 Å². The molecule has 0 saturated heterocycles. The van der Waals surface area contributed by atoms with Crippen LogP contribution in [0.3, 0.4) is 0 Å². The van der Waals surface area contributed by atoms with E-state index in [0.717, 1.165) is 38.5 Å². The molecule has 126 valence electrons. The Bertz CT molecular complexity index is 652. The molecule has 0 saturated carbocycles. The maximum atomic E-state index is 11.7. The second-order valence-electron chi connectivity index (χ2n) is 6.31. The fourth-order valence-corrected chi connectivity index (χ4v) is 2.98. The van der Waals surface area contributed by atoms with Gasteiger partial charge in [-0.25, -0.2) is 4.79 Å². The fourth-order valence-electron chi connectivity index (χ4n) is 2.98. The molecule has 0 radical (unpaired) electrons. The Balaban J connectivity index is 1.72. The SMILES string of the molecule is NC(=O)C(CCCCc1ccccc1)CCC1=CCC(=C=O)C=C1. The minimum atomic E-state index is -0.205. The molecule has 1 atom stereocenters. The molecule has 2 N–H and O–H groups in total. The Labute approximate surface area is 143 Å². The van der Waals surface area contributed by atoms with Gasteiger partial charge < -0.3 is 5.73 Å². The van der Waals surface area contributed by atoms with Crippen LogP contribution < -0.4 is 5.73 Å². The largest absolute Gasteiger partial charge is 0.369 e. The first-order valence-electron chi connectivity index (χ1n) is 8.63. The van der Waals surface area contributed by atoms with Crippen LogP contribution in [-0.4, -0.2) is 11.8 Å². The summed E-state index contributed by atoms with van der Waals surface area (Å²) in [5.74, 6) is 1.64. The molecule has 1 aromatic carbocycles. The highest BCUT2D eigenvalue weighted by molar-refractivity contribution is 5.76. The van der Waals surface area contributed by atoms with Gasteiger partial charge in [0.25, 0.3) is 0 Å². The molecular weight excluding hydrogens is 298 g/mol. The van der Waals surface area contributed by atoms with E-state index in [2.05, 4.69) is 24.3 Å². The highest BCUT2D eigenvalue weighted by Gasteiger charge is 2.15. The third-order valence-corrected chi connectivity index (χ3v) is 4.51. The average Bonchev–Trinajstić information content (AvgIpc) is 2.62. The molecule has 0 heterocycles. The van der Waals surface area contributed by atoms with E-state index in [1.54, 1.807) is 0 Å². The molecule has 0 bridgehead atoms. The molecule has 0 spiro atoms. The van der Waals surface area contributed by atoms with Crippen LogP contribution in [0.25, 0.3) is 0 Å². The van der Waals surface area contributed by atoms with E-state index in [9.17, 15) is 9.59 Å². The summed E-state index contributed by atoms with van der Waals surface area (Å²) in [5, 5.41) is 0. The molecule has 0 aliphatic heterocycles. The summed E-state index contributed by atoms with van der Waals surface area (Å²) < 4.78 is 0. The number of benzene rings is 1. The number of aryl methyl sites for hydroxylation is 1. The van der Waals surface area contributed by atoms with Crippen LogP contribution in [0.4, 0.5) is 0 Å². The molecule has 0 fully saturated rings. The van der Waals surface area contributed by atoms with Crippen molar-refractivity contribution in [2.75, 3.05) is 0 Å². The van der Waals surface area contributed by atoms with E-state index < -0.39 is 0 Å². The molecule has 0 aromatic heterocycles. The summed E-state index contributed by atoms with van der Waals surface area (Å²) in [4.78, 5) is 22.2. The molecule has 1 aliphatic carbocycles. The number of primary amides is 1. The van der Waals surface area contributed by atoms with Gasteiger partial charge in [-0.1, -0.05) is 54.5 Å². The van der Waals surface area contributed by atoms with Crippen molar-refractivity contribution in [1.82, 2.24) is 0 Å². The lowest BCUT2D eigenvalue weighted by molar-refractivity contribution is -0.122. The fraction of sp³-hybridized carbons (Fsp3) is 0.381. The van der Waals surface area contributed by atoms with Gasteiger partial charge in [0.1, 0.15) is 5.94 Å². The number of carbonyl (C=O) groups excluding carboxylic acids is 2. The quantitative estimate of drug-likeness (QED) is 0.553. The third kappa shape index (κ3) is 6.02. The predicted octanol–water partition coefficient (Wildman–Crippen LogP) is 3.93. The molecule has 1 amide bonds. The maximum Gasteiger partial charge on any atom is 0.220 e. The van der Waals surface area contributed by atoms with Gasteiger partial charge in [0.15, 0.2) is 0 Å². The standard InChI is InChI=1S/C21H25NO2/c22-21(24)20(9-5-4-8-17-6-2-1-3-7-17)15-14-18-10-12-19(16-23)13-11-18/h1-3,6-7,10-12,20H,4-5,8-9,13-15H2,(H2,22,24). The number of amides is 1. The summed E-state index contributed by atoms with van der Waals surface area (Å²) >= 11 is 0. The van der Waals surface area contributed by atoms with Crippen molar-refractivity contribution in [3.8, 4) is 0 Å². The summed E-state index contributed by atoms with van der Waals surface area (Å²) in [7, 11) is 0. The minimum absolute atomic E-state index is 0.0712. The van der Waals surface area contributed by atoms with E-state index in [-0.39, 0.29) is 11.8 Å². The zero-order valence-corrected chi connectivity index (χ0v) is 14.0. The Kier molecular flexibility index (Phi) is 7.25. The van der Waals surface area contributed by atoms with Crippen LogP contribution in [0.1, 0.15) is 44.1 Å². The van der Waals surface area contributed by atoms with Gasteiger partial charge >= 0.3 is 0 Å². The molecule has 24 heavy (non-hydrogen) atoms. The lowest BCUT2D eigenvalue weighted by Gasteiger charge is -2.14. The smallest absolute Gasteiger partial charge is 0.220 e. The summed E-state index contributed by atoms with van der Waals surface area (Å²) in [6, 6.07) is 10.4. The summed E-state index contributed by atoms with van der Waals surface area (Å²) in [5.41, 5.74) is 8.74. The Hall–Kier alpha value is -2.38. The highest BCUT2D eigenvalue weighted by Crippen LogP contribution is 2.22. The number of carbonyl (C=O) groups is 1. The van der Waals surface area contributed by atoms with Crippen molar-refractivity contribution in [2.24, 2.45) is 11.7 Å². The molecule has 1 aromatic rings. The maximum absolute atomic E-state index is 11.7. The number of rotatable bonds is 9. The van der Waals surface area contributed by atoms with Crippen molar-refractivity contribution < 1.29 is 9.59 Å². The zero-order valence-electron chi connectivity index (χ0n) is 14.0. The van der Waals surface area contributed by atoms with Gasteiger partial charge in [-0.15, -0.1) is 0 Å². The Morgan fingerprint density at radius 2 is 1.88 bits per heavy atom. The van der Waals surface area contributed by atoms with Crippen molar-refractivity contribution in [3.63, 3.8) is 0 Å². The minimum Gasteiger partial charge on any atom is -0.369 e. The van der Waals surface area contributed by atoms with Crippen LogP contribution in [0, 0.1) is 5.92 Å². The summed E-state index contributed by atoms with van der Waals surface area (Å²) in [6.45, 7) is 0. The van der Waals surface area contributed by atoms with Crippen molar-refractivity contribution in [3.05, 3.63) is 65.3 Å². The van der Waals surface area contributed by atoms with E-state index in [1.807, 2.05) is 30.2 Å². The number of nitrogens with two attached hydrogens (primary N) is 1. The lowest BCUT2D eigenvalue weighted by atomic mass is 9.91. The van der Waals surface area contributed by atoms with Crippen LogP contribution in [0.2, 0.25) is 0 Å². The van der Waals surface area contributed by atoms with Crippen molar-refractivity contribution in [2.45, 2.75) is 44.9 Å². The van der Waals surface area contributed by atoms with Gasteiger partial charge in [-0.05, 0) is 43.7 Å². The number of unbranched alkanes of at least 4 members (excludes halogenated alkanes) is 1. The van der Waals surface area contributed by atoms with E-state index in [4.69, 9.17) is 5.73 Å². The van der Waals surface area contributed by atoms with Crippen molar-refractivity contribution >= 4 is 11.8 Å². The molecule has 3 nitrogen and oxygen atoms in total.